The van der Waals surface area contributed by atoms with E-state index in [1.807, 2.05) is 42.4 Å². The molecule has 3 rings (SSSR count). The number of thioether (sulfide) groups is 2. The molecule has 36 heavy (non-hydrogen) atoms. The Morgan fingerprint density at radius 3 is 2.36 bits per heavy atom. The van der Waals surface area contributed by atoms with Gasteiger partial charge in [-0.3, -0.25) is 28.9 Å². The maximum Gasteiger partial charge on any atom is 0.290 e. The first-order valence-electron chi connectivity index (χ1n) is 12.1. The molecule has 1 aromatic rings. The van der Waals surface area contributed by atoms with Crippen LogP contribution < -0.4 is 16.0 Å². The first-order valence-corrected chi connectivity index (χ1v) is 14.1. The number of likely N-dealkylation sites (tertiary alicyclic amines) is 1. The summed E-state index contributed by atoms with van der Waals surface area (Å²) in [4.78, 5) is 64.8. The molecule has 2 aliphatic rings. The number of hydrogen-bond donors (Lipinski definition) is 3. The Kier molecular flexibility index (Phi) is 9.98. The minimum absolute atomic E-state index is 0.0171. The van der Waals surface area contributed by atoms with Gasteiger partial charge in [-0.1, -0.05) is 43.7 Å². The maximum absolute atomic E-state index is 13.0. The molecule has 1 spiro atoms. The zero-order chi connectivity index (χ0) is 26.3. The monoisotopic (exact) mass is 534 g/mol. The van der Waals surface area contributed by atoms with Gasteiger partial charge in [-0.15, -0.1) is 23.5 Å². The predicted molar refractivity (Wildman–Crippen MR) is 142 cm³/mol. The first kappa shape index (κ1) is 28.2. The van der Waals surface area contributed by atoms with Gasteiger partial charge in [0.05, 0.1) is 22.7 Å². The number of hydrogen-bond acceptors (Lipinski definition) is 8. The van der Waals surface area contributed by atoms with E-state index in [-0.39, 0.29) is 21.8 Å². The van der Waals surface area contributed by atoms with Crippen LogP contribution in [0.1, 0.15) is 44.7 Å². The number of likely N-dealkylation sites (N-methyl/N-ethyl adjacent to an activating group) is 1. The standard InChI is InChI=1S/C25H34N4O5S2/c1-4-8-18(27-23(33)19-13-25(15-29(19)3)35-11-12-36-25)22(32)24(34)26-14-20(31)28-21(16(2)30)17-9-6-5-7-10-17/h5-7,9-10,18-19,21H,4,8,11-15H2,1-3H3,(H,26,34)(H,27,33)(H,28,31)/t18?,19?,21-/m1/s1. The summed E-state index contributed by atoms with van der Waals surface area (Å²) in [6.45, 7) is 3.57. The molecule has 0 bridgehead atoms. The van der Waals surface area contributed by atoms with Crippen LogP contribution in [0.3, 0.4) is 0 Å². The molecular weight excluding hydrogens is 500 g/mol. The Morgan fingerprint density at radius 2 is 1.75 bits per heavy atom. The summed E-state index contributed by atoms with van der Waals surface area (Å²) >= 11 is 3.76. The van der Waals surface area contributed by atoms with Crippen LogP contribution in [-0.4, -0.2) is 82.0 Å². The van der Waals surface area contributed by atoms with Crippen LogP contribution in [0.2, 0.25) is 0 Å². The summed E-state index contributed by atoms with van der Waals surface area (Å²) in [5.41, 5.74) is 0.625. The van der Waals surface area contributed by atoms with Crippen molar-refractivity contribution in [3.63, 3.8) is 0 Å². The van der Waals surface area contributed by atoms with Gasteiger partial charge in [0.15, 0.2) is 5.78 Å². The molecule has 2 unspecified atom stereocenters. The van der Waals surface area contributed by atoms with Crippen LogP contribution in [0.5, 0.6) is 0 Å². The summed E-state index contributed by atoms with van der Waals surface area (Å²) in [5, 5.41) is 7.69. The average Bonchev–Trinajstić information content (AvgIpc) is 3.45. The highest BCUT2D eigenvalue weighted by Gasteiger charge is 2.48. The van der Waals surface area contributed by atoms with Gasteiger partial charge in [-0.05, 0) is 32.4 Å². The van der Waals surface area contributed by atoms with Crippen molar-refractivity contribution in [1.29, 1.82) is 0 Å². The van der Waals surface area contributed by atoms with Gasteiger partial charge in [-0.25, -0.2) is 0 Å². The fraction of sp³-hybridized carbons (Fsp3) is 0.560. The molecule has 2 saturated heterocycles. The van der Waals surface area contributed by atoms with Crippen molar-refractivity contribution in [3.05, 3.63) is 35.9 Å². The van der Waals surface area contributed by atoms with Crippen molar-refractivity contribution in [2.75, 3.05) is 31.6 Å². The Bertz CT molecular complexity index is 984. The van der Waals surface area contributed by atoms with Gasteiger partial charge < -0.3 is 16.0 Å². The lowest BCUT2D eigenvalue weighted by Gasteiger charge is -2.22. The first-order chi connectivity index (χ1) is 17.2. The molecule has 2 fully saturated rings. The Balaban J connectivity index is 1.54. The zero-order valence-corrected chi connectivity index (χ0v) is 22.5. The van der Waals surface area contributed by atoms with Gasteiger partial charge >= 0.3 is 0 Å². The summed E-state index contributed by atoms with van der Waals surface area (Å²) < 4.78 is 0.0171. The number of ketones is 2. The van der Waals surface area contributed by atoms with Gasteiger partial charge in [0.25, 0.3) is 5.91 Å². The minimum atomic E-state index is -0.964. The molecule has 2 heterocycles. The van der Waals surface area contributed by atoms with Gasteiger partial charge in [0, 0.05) is 18.1 Å². The molecule has 11 heteroatoms. The topological polar surface area (TPSA) is 125 Å². The Hall–Kier alpha value is -2.37. The van der Waals surface area contributed by atoms with Crippen molar-refractivity contribution >= 4 is 52.8 Å². The van der Waals surface area contributed by atoms with Crippen molar-refractivity contribution in [3.8, 4) is 0 Å². The average molecular weight is 535 g/mol. The van der Waals surface area contributed by atoms with E-state index in [0.717, 1.165) is 18.1 Å². The number of carbonyl (C=O) groups excluding carboxylic acids is 5. The molecular formula is C25H34N4O5S2. The summed E-state index contributed by atoms with van der Waals surface area (Å²) in [6, 6.07) is 6.60. The second-order valence-corrected chi connectivity index (χ2v) is 12.4. The van der Waals surface area contributed by atoms with Crippen molar-refractivity contribution in [2.24, 2.45) is 0 Å². The van der Waals surface area contributed by atoms with Crippen LogP contribution >= 0.6 is 23.5 Å². The van der Waals surface area contributed by atoms with Gasteiger partial charge in [-0.2, -0.15) is 0 Å². The lowest BCUT2D eigenvalue weighted by molar-refractivity contribution is -0.141. The molecule has 0 aromatic heterocycles. The van der Waals surface area contributed by atoms with Crippen molar-refractivity contribution in [2.45, 2.75) is 55.3 Å². The highest BCUT2D eigenvalue weighted by molar-refractivity contribution is 8.21. The molecule has 3 amide bonds. The highest BCUT2D eigenvalue weighted by Crippen LogP contribution is 2.51. The predicted octanol–water partition coefficient (Wildman–Crippen LogP) is 1.28. The quantitative estimate of drug-likeness (QED) is 0.363. The van der Waals surface area contributed by atoms with E-state index in [9.17, 15) is 24.0 Å². The van der Waals surface area contributed by atoms with Crippen LogP contribution in [0.15, 0.2) is 30.3 Å². The lowest BCUT2D eigenvalue weighted by Crippen LogP contribution is -2.52. The Morgan fingerprint density at radius 1 is 1.08 bits per heavy atom. The van der Waals surface area contributed by atoms with Gasteiger partial charge in [0.2, 0.25) is 17.6 Å². The fourth-order valence-electron chi connectivity index (χ4n) is 4.51. The maximum atomic E-state index is 13.0. The molecule has 2 aliphatic heterocycles. The van der Waals surface area contributed by atoms with E-state index >= 15 is 0 Å². The van der Waals surface area contributed by atoms with E-state index in [2.05, 4.69) is 16.0 Å². The third-order valence-corrected chi connectivity index (χ3v) is 9.76. The molecule has 196 valence electrons. The number of nitrogens with one attached hydrogen (secondary N) is 3. The minimum Gasteiger partial charge on any atom is -0.344 e. The molecule has 1 aromatic carbocycles. The smallest absolute Gasteiger partial charge is 0.290 e. The van der Waals surface area contributed by atoms with Crippen LogP contribution in [-0.2, 0) is 24.0 Å². The van der Waals surface area contributed by atoms with Crippen LogP contribution in [0.4, 0.5) is 0 Å². The lowest BCUT2D eigenvalue weighted by atomic mass is 10.0. The second kappa shape index (κ2) is 12.7. The van der Waals surface area contributed by atoms with Crippen LogP contribution in [0, 0.1) is 0 Å². The van der Waals surface area contributed by atoms with E-state index in [1.54, 1.807) is 30.3 Å². The van der Waals surface area contributed by atoms with E-state index in [4.69, 9.17) is 0 Å². The fourth-order valence-corrected chi connectivity index (χ4v) is 7.90. The summed E-state index contributed by atoms with van der Waals surface area (Å²) in [6.07, 6.45) is 1.61. The number of nitrogens with zero attached hydrogens (tertiary/aromatic N) is 1. The number of benzene rings is 1. The SMILES string of the molecule is CCCC(NC(=O)C1CC2(CN1C)SCCS2)C(=O)C(=O)NCC(=O)N[C@H](C(C)=O)c1ccccc1. The Labute approximate surface area is 220 Å². The van der Waals surface area contributed by atoms with E-state index in [0.29, 0.717) is 24.8 Å². The molecule has 3 atom stereocenters. The van der Waals surface area contributed by atoms with E-state index < -0.39 is 36.2 Å². The third-order valence-electron chi connectivity index (χ3n) is 6.33. The number of carbonyl (C=O) groups is 5. The molecule has 0 radical (unpaired) electrons. The summed E-state index contributed by atoms with van der Waals surface area (Å²) in [7, 11) is 1.91. The zero-order valence-electron chi connectivity index (χ0n) is 20.9. The number of Topliss-reactive ketones (excluding diaryl/α,β-unsaturated/α-hetero) is 2. The molecule has 3 N–H and O–H groups in total. The van der Waals surface area contributed by atoms with Gasteiger partial charge in [0.1, 0.15) is 6.04 Å². The van der Waals surface area contributed by atoms with Crippen molar-refractivity contribution < 1.29 is 24.0 Å². The van der Waals surface area contributed by atoms with E-state index in [1.165, 1.54) is 6.92 Å². The number of amides is 3. The molecule has 9 nitrogen and oxygen atoms in total. The van der Waals surface area contributed by atoms with Crippen molar-refractivity contribution in [1.82, 2.24) is 20.9 Å². The highest BCUT2D eigenvalue weighted by atomic mass is 32.2. The normalized spacial score (nSPS) is 20.5. The summed E-state index contributed by atoms with van der Waals surface area (Å²) in [5.74, 6) is -0.708. The van der Waals surface area contributed by atoms with Crippen LogP contribution in [0.25, 0.3) is 0 Å². The third kappa shape index (κ3) is 7.10. The number of rotatable bonds is 11. The molecule has 0 aliphatic carbocycles. The second-order valence-electron chi connectivity index (χ2n) is 9.16. The molecule has 0 saturated carbocycles. The largest absolute Gasteiger partial charge is 0.344 e.